The van der Waals surface area contributed by atoms with Crippen LogP contribution < -0.4 is 4.74 Å². The molecule has 0 amide bonds. The van der Waals surface area contributed by atoms with Crippen LogP contribution in [0.25, 0.3) is 11.4 Å². The summed E-state index contributed by atoms with van der Waals surface area (Å²) in [4.78, 5) is 18.8. The molecule has 3 rings (SSSR count). The molecule has 29 heavy (non-hydrogen) atoms. The molecule has 0 atom stereocenters. The molecule has 9 nitrogen and oxygen atoms in total. The third-order valence-electron chi connectivity index (χ3n) is 3.52. The fraction of sp³-hybridized carbons (Fsp3) is 0.353. The monoisotopic (exact) mass is 412 g/mol. The lowest BCUT2D eigenvalue weighted by atomic mass is 10.2. The number of nitrogens with zero attached hydrogens (tertiary/aromatic N) is 4. The van der Waals surface area contributed by atoms with Crippen LogP contribution in [-0.4, -0.2) is 39.5 Å². The van der Waals surface area contributed by atoms with Crippen LogP contribution in [0.2, 0.25) is 0 Å². The van der Waals surface area contributed by atoms with Crippen LogP contribution in [0.1, 0.15) is 35.5 Å². The predicted octanol–water partition coefficient (Wildman–Crippen LogP) is 3.33. The summed E-state index contributed by atoms with van der Waals surface area (Å²) in [6.07, 6.45) is -2.39. The van der Waals surface area contributed by atoms with E-state index in [1.165, 1.54) is 24.4 Å². The van der Waals surface area contributed by atoms with E-state index in [2.05, 4.69) is 24.8 Å². The van der Waals surface area contributed by atoms with Crippen molar-refractivity contribution in [3.05, 3.63) is 41.7 Å². The summed E-state index contributed by atoms with van der Waals surface area (Å²) in [5.74, 6) is -1.41. The number of hydrogen-bond donors (Lipinski definition) is 0. The van der Waals surface area contributed by atoms with Crippen LogP contribution in [0.5, 0.6) is 5.88 Å². The molecule has 0 spiro atoms. The summed E-state index contributed by atoms with van der Waals surface area (Å²) < 4.78 is 57.0. The third kappa shape index (κ3) is 5.30. The first-order valence-electron chi connectivity index (χ1n) is 8.49. The van der Waals surface area contributed by atoms with E-state index >= 15 is 0 Å². The Bertz CT molecular complexity index is 953. The molecule has 0 saturated carbocycles. The minimum Gasteiger partial charge on any atom is -0.478 e. The molecule has 0 N–H and O–H groups in total. The van der Waals surface area contributed by atoms with Gasteiger partial charge in [0.25, 0.3) is 0 Å². The van der Waals surface area contributed by atoms with Crippen molar-refractivity contribution in [3.63, 3.8) is 0 Å². The molecule has 0 aliphatic rings. The zero-order valence-electron chi connectivity index (χ0n) is 15.1. The summed E-state index contributed by atoms with van der Waals surface area (Å²) in [5.41, 5.74) is 0.361. The van der Waals surface area contributed by atoms with Gasteiger partial charge >= 0.3 is 18.0 Å². The quantitative estimate of drug-likeness (QED) is 0.406. The van der Waals surface area contributed by atoms with Crippen LogP contribution in [-0.2, 0) is 17.3 Å². The smallest absolute Gasteiger partial charge is 0.471 e. The first kappa shape index (κ1) is 20.3. The second-order valence-corrected chi connectivity index (χ2v) is 5.66. The van der Waals surface area contributed by atoms with Crippen LogP contribution in [0.4, 0.5) is 13.2 Å². The highest BCUT2D eigenvalue weighted by Gasteiger charge is 2.38. The van der Waals surface area contributed by atoms with Crippen molar-refractivity contribution in [2.75, 3.05) is 13.2 Å². The van der Waals surface area contributed by atoms with Crippen molar-refractivity contribution < 1.29 is 36.5 Å². The highest BCUT2D eigenvalue weighted by molar-refractivity contribution is 5.87. The SMILES string of the molecule is CCOC(=O)c1cc(CCCOc2ccc(-c3noc(C(F)(F)F)n3)cn2)on1. The fourth-order valence-corrected chi connectivity index (χ4v) is 2.21. The van der Waals surface area contributed by atoms with Gasteiger partial charge in [-0.3, -0.25) is 0 Å². The maximum Gasteiger partial charge on any atom is 0.471 e. The number of hydrogen-bond acceptors (Lipinski definition) is 9. The second-order valence-electron chi connectivity index (χ2n) is 5.66. The van der Waals surface area contributed by atoms with E-state index in [9.17, 15) is 18.0 Å². The van der Waals surface area contributed by atoms with Crippen LogP contribution >= 0.6 is 0 Å². The van der Waals surface area contributed by atoms with Crippen molar-refractivity contribution >= 4 is 5.97 Å². The Balaban J connectivity index is 1.47. The van der Waals surface area contributed by atoms with E-state index in [1.807, 2.05) is 0 Å². The van der Waals surface area contributed by atoms with Gasteiger partial charge in [-0.1, -0.05) is 10.3 Å². The molecule has 0 unspecified atom stereocenters. The number of halogens is 3. The third-order valence-corrected chi connectivity index (χ3v) is 3.52. The second kappa shape index (κ2) is 8.71. The molecule has 0 aromatic carbocycles. The van der Waals surface area contributed by atoms with E-state index in [1.54, 1.807) is 6.92 Å². The van der Waals surface area contributed by atoms with Gasteiger partial charge in [-0.05, 0) is 19.4 Å². The molecule has 3 aromatic rings. The minimum absolute atomic E-state index is 0.107. The molecular formula is C17H15F3N4O5. The molecule has 0 fully saturated rings. The maximum atomic E-state index is 12.5. The Kier molecular flexibility index (Phi) is 6.10. The largest absolute Gasteiger partial charge is 0.478 e. The first-order chi connectivity index (χ1) is 13.9. The van der Waals surface area contributed by atoms with E-state index < -0.39 is 18.0 Å². The summed E-state index contributed by atoms with van der Waals surface area (Å²) in [7, 11) is 0. The van der Waals surface area contributed by atoms with Crippen LogP contribution in [0, 0.1) is 0 Å². The zero-order chi connectivity index (χ0) is 20.9. The zero-order valence-corrected chi connectivity index (χ0v) is 15.1. The van der Waals surface area contributed by atoms with Crippen molar-refractivity contribution in [1.29, 1.82) is 0 Å². The molecule has 0 saturated heterocycles. The predicted molar refractivity (Wildman–Crippen MR) is 88.8 cm³/mol. The number of rotatable bonds is 8. The highest BCUT2D eigenvalue weighted by Crippen LogP contribution is 2.29. The Morgan fingerprint density at radius 3 is 2.69 bits per heavy atom. The molecule has 154 valence electrons. The number of carbonyl (C=O) groups is 1. The average molecular weight is 412 g/mol. The molecule has 0 aliphatic carbocycles. The van der Waals surface area contributed by atoms with Gasteiger partial charge in [-0.15, -0.1) is 0 Å². The van der Waals surface area contributed by atoms with E-state index in [4.69, 9.17) is 14.0 Å². The molecule has 3 aromatic heterocycles. The summed E-state index contributed by atoms with van der Waals surface area (Å²) in [6.45, 7) is 2.23. The van der Waals surface area contributed by atoms with Crippen molar-refractivity contribution in [1.82, 2.24) is 20.3 Å². The fourth-order valence-electron chi connectivity index (χ4n) is 2.21. The van der Waals surface area contributed by atoms with E-state index in [-0.39, 0.29) is 29.6 Å². The summed E-state index contributed by atoms with van der Waals surface area (Å²) in [6, 6.07) is 4.45. The number of aromatic nitrogens is 4. The van der Waals surface area contributed by atoms with Gasteiger partial charge < -0.3 is 18.5 Å². The van der Waals surface area contributed by atoms with Gasteiger partial charge in [0.2, 0.25) is 11.7 Å². The molecule has 12 heteroatoms. The topological polar surface area (TPSA) is 113 Å². The highest BCUT2D eigenvalue weighted by atomic mass is 19.4. The molecule has 3 heterocycles. The Morgan fingerprint density at radius 1 is 1.21 bits per heavy atom. The van der Waals surface area contributed by atoms with Gasteiger partial charge in [0, 0.05) is 30.3 Å². The van der Waals surface area contributed by atoms with E-state index in [0.29, 0.717) is 25.2 Å². The van der Waals surface area contributed by atoms with Gasteiger partial charge in [-0.25, -0.2) is 9.78 Å². The van der Waals surface area contributed by atoms with Gasteiger partial charge in [0.1, 0.15) is 5.76 Å². The number of alkyl halides is 3. The average Bonchev–Trinajstić information content (AvgIpc) is 3.36. The molecule has 0 aliphatic heterocycles. The summed E-state index contributed by atoms with van der Waals surface area (Å²) >= 11 is 0. The normalized spacial score (nSPS) is 11.4. The van der Waals surface area contributed by atoms with Crippen molar-refractivity contribution in [3.8, 4) is 17.3 Å². The Morgan fingerprint density at radius 2 is 2.03 bits per heavy atom. The number of esters is 1. The maximum absolute atomic E-state index is 12.5. The van der Waals surface area contributed by atoms with Gasteiger partial charge in [0.15, 0.2) is 5.69 Å². The number of carbonyl (C=O) groups excluding carboxylic acids is 1. The number of ether oxygens (including phenoxy) is 2. The van der Waals surface area contributed by atoms with E-state index in [0.717, 1.165) is 0 Å². The summed E-state index contributed by atoms with van der Waals surface area (Å²) in [5, 5.41) is 6.92. The van der Waals surface area contributed by atoms with Gasteiger partial charge in [-0.2, -0.15) is 18.2 Å². The van der Waals surface area contributed by atoms with Crippen LogP contribution in [0.15, 0.2) is 33.4 Å². The standard InChI is InChI=1S/C17H15F3N4O5/c1-2-26-15(25)12-8-11(28-23-12)4-3-7-27-13-6-5-10(9-21-13)14-22-16(29-24-14)17(18,19)20/h5-6,8-9H,2-4,7H2,1H3. The molecular weight excluding hydrogens is 397 g/mol. The number of aryl methyl sites for hydroxylation is 1. The Hall–Kier alpha value is -3.44. The Labute approximate surface area is 161 Å². The van der Waals surface area contributed by atoms with Crippen molar-refractivity contribution in [2.45, 2.75) is 25.9 Å². The lowest BCUT2D eigenvalue weighted by Crippen LogP contribution is -2.04. The van der Waals surface area contributed by atoms with Crippen molar-refractivity contribution in [2.24, 2.45) is 0 Å². The first-order valence-corrected chi connectivity index (χ1v) is 8.49. The lowest BCUT2D eigenvalue weighted by Gasteiger charge is -2.04. The molecule has 0 radical (unpaired) electrons. The number of pyridine rings is 1. The van der Waals surface area contributed by atoms with Gasteiger partial charge in [0.05, 0.1) is 13.2 Å². The van der Waals surface area contributed by atoms with Crippen LogP contribution in [0.3, 0.4) is 0 Å². The molecule has 0 bridgehead atoms. The lowest BCUT2D eigenvalue weighted by molar-refractivity contribution is -0.159. The minimum atomic E-state index is -4.71.